The molecule has 0 amide bonds. The summed E-state index contributed by atoms with van der Waals surface area (Å²) in [6.45, 7) is 11.5. The molecule has 20 heavy (non-hydrogen) atoms. The minimum absolute atomic E-state index is 0.00301. The quantitative estimate of drug-likeness (QED) is 0.408. The van der Waals surface area contributed by atoms with Crippen molar-refractivity contribution in [3.8, 4) is 0 Å². The van der Waals surface area contributed by atoms with Crippen molar-refractivity contribution in [2.45, 2.75) is 65.8 Å². The summed E-state index contributed by atoms with van der Waals surface area (Å²) in [4.78, 5) is 10.7. The van der Waals surface area contributed by atoms with Gasteiger partial charge < -0.3 is 18.9 Å². The van der Waals surface area contributed by atoms with Crippen LogP contribution >= 0.6 is 0 Å². The molecule has 0 aromatic carbocycles. The predicted octanol–water partition coefficient (Wildman–Crippen LogP) is 2.56. The molecule has 0 aliphatic carbocycles. The van der Waals surface area contributed by atoms with Gasteiger partial charge in [0.05, 0.1) is 32.0 Å². The second-order valence-electron chi connectivity index (χ2n) is 5.14. The van der Waals surface area contributed by atoms with Gasteiger partial charge in [-0.15, -0.1) is 0 Å². The molecule has 0 fully saturated rings. The molecule has 5 nitrogen and oxygen atoms in total. The van der Waals surface area contributed by atoms with Gasteiger partial charge >= 0.3 is 5.97 Å². The maximum absolute atomic E-state index is 10.7. The first kappa shape index (κ1) is 19.4. The van der Waals surface area contributed by atoms with Crippen molar-refractivity contribution in [2.75, 3.05) is 26.4 Å². The molecule has 0 radical (unpaired) electrons. The maximum Gasteiger partial charge on any atom is 0.302 e. The van der Waals surface area contributed by atoms with E-state index in [2.05, 4.69) is 6.92 Å². The number of carbonyl (C=O) groups excluding carboxylic acids is 1. The summed E-state index contributed by atoms with van der Waals surface area (Å²) in [5.74, 6) is -0.288. The van der Waals surface area contributed by atoms with Crippen LogP contribution in [-0.4, -0.2) is 50.7 Å². The lowest BCUT2D eigenvalue weighted by atomic mass is 10.3. The molecule has 0 aromatic heterocycles. The van der Waals surface area contributed by atoms with Crippen molar-refractivity contribution in [1.82, 2.24) is 0 Å². The Bertz CT molecular complexity index is 244. The summed E-state index contributed by atoms with van der Waals surface area (Å²) in [7, 11) is 0. The highest BCUT2D eigenvalue weighted by molar-refractivity contribution is 5.66. The van der Waals surface area contributed by atoms with Crippen molar-refractivity contribution in [3.05, 3.63) is 0 Å². The van der Waals surface area contributed by atoms with Gasteiger partial charge in [0.25, 0.3) is 0 Å². The highest BCUT2D eigenvalue weighted by Crippen LogP contribution is 2.00. The number of unbranched alkanes of at least 4 members (excludes halogenated alkanes) is 1. The topological polar surface area (TPSA) is 54.0 Å². The van der Waals surface area contributed by atoms with Gasteiger partial charge in [-0.1, -0.05) is 13.3 Å². The largest absolute Gasteiger partial charge is 0.460 e. The SMILES string of the molecule is CCCCOC(C)COC(C)COCC(C)OC(C)=O. The van der Waals surface area contributed by atoms with Crippen molar-refractivity contribution in [1.29, 1.82) is 0 Å². The van der Waals surface area contributed by atoms with E-state index >= 15 is 0 Å². The van der Waals surface area contributed by atoms with E-state index < -0.39 is 0 Å². The summed E-state index contributed by atoms with van der Waals surface area (Å²) < 4.78 is 21.6. The zero-order valence-corrected chi connectivity index (χ0v) is 13.5. The zero-order valence-electron chi connectivity index (χ0n) is 13.5. The number of hydrogen-bond acceptors (Lipinski definition) is 5. The van der Waals surface area contributed by atoms with Crippen LogP contribution < -0.4 is 0 Å². The van der Waals surface area contributed by atoms with Gasteiger partial charge in [0.15, 0.2) is 0 Å². The molecule has 5 heteroatoms. The Hall–Kier alpha value is -0.650. The predicted molar refractivity (Wildman–Crippen MR) is 77.8 cm³/mol. The van der Waals surface area contributed by atoms with E-state index in [4.69, 9.17) is 18.9 Å². The molecule has 0 spiro atoms. The number of esters is 1. The lowest BCUT2D eigenvalue weighted by Crippen LogP contribution is -2.26. The lowest BCUT2D eigenvalue weighted by molar-refractivity contribution is -0.149. The molecular weight excluding hydrogens is 260 g/mol. The second kappa shape index (κ2) is 12.1. The van der Waals surface area contributed by atoms with E-state index in [1.165, 1.54) is 6.92 Å². The van der Waals surface area contributed by atoms with Crippen LogP contribution in [0.3, 0.4) is 0 Å². The molecule has 0 aliphatic heterocycles. The molecule has 0 bridgehead atoms. The van der Waals surface area contributed by atoms with Gasteiger partial charge in [-0.05, 0) is 27.2 Å². The van der Waals surface area contributed by atoms with Crippen LogP contribution in [0, 0.1) is 0 Å². The highest BCUT2D eigenvalue weighted by atomic mass is 16.6. The van der Waals surface area contributed by atoms with E-state index in [0.29, 0.717) is 19.8 Å². The molecule has 0 heterocycles. The minimum atomic E-state index is -0.288. The molecule has 0 saturated heterocycles. The normalized spacial score (nSPS) is 15.7. The van der Waals surface area contributed by atoms with Crippen LogP contribution in [0.4, 0.5) is 0 Å². The summed E-state index contributed by atoms with van der Waals surface area (Å²) in [6.07, 6.45) is 2.09. The summed E-state index contributed by atoms with van der Waals surface area (Å²) in [5.41, 5.74) is 0. The van der Waals surface area contributed by atoms with Crippen LogP contribution in [0.15, 0.2) is 0 Å². The Morgan fingerprint density at radius 1 is 0.950 bits per heavy atom. The van der Waals surface area contributed by atoms with Crippen LogP contribution in [0.5, 0.6) is 0 Å². The number of hydrogen-bond donors (Lipinski definition) is 0. The third-order valence-electron chi connectivity index (χ3n) is 2.59. The van der Waals surface area contributed by atoms with Crippen LogP contribution in [0.1, 0.15) is 47.5 Å². The number of carbonyl (C=O) groups is 1. The smallest absolute Gasteiger partial charge is 0.302 e. The average molecular weight is 290 g/mol. The fourth-order valence-electron chi connectivity index (χ4n) is 1.54. The van der Waals surface area contributed by atoms with E-state index in [9.17, 15) is 4.79 Å². The van der Waals surface area contributed by atoms with E-state index in [0.717, 1.165) is 19.4 Å². The monoisotopic (exact) mass is 290 g/mol. The highest BCUT2D eigenvalue weighted by Gasteiger charge is 2.09. The van der Waals surface area contributed by atoms with Crippen molar-refractivity contribution in [3.63, 3.8) is 0 Å². The van der Waals surface area contributed by atoms with E-state index in [1.807, 2.05) is 13.8 Å². The third-order valence-corrected chi connectivity index (χ3v) is 2.59. The van der Waals surface area contributed by atoms with Crippen LogP contribution in [0.25, 0.3) is 0 Å². The Labute approximate surface area is 122 Å². The van der Waals surface area contributed by atoms with Crippen molar-refractivity contribution >= 4 is 5.97 Å². The van der Waals surface area contributed by atoms with Gasteiger partial charge in [0.1, 0.15) is 6.10 Å². The van der Waals surface area contributed by atoms with Gasteiger partial charge in [0, 0.05) is 13.5 Å². The molecule has 0 saturated carbocycles. The molecule has 0 rings (SSSR count). The average Bonchev–Trinajstić information content (AvgIpc) is 2.35. The first-order chi connectivity index (χ1) is 9.45. The van der Waals surface area contributed by atoms with Gasteiger partial charge in [-0.25, -0.2) is 0 Å². The van der Waals surface area contributed by atoms with E-state index in [-0.39, 0.29) is 24.3 Å². The Morgan fingerprint density at radius 3 is 2.15 bits per heavy atom. The molecule has 0 aliphatic rings. The fraction of sp³-hybridized carbons (Fsp3) is 0.933. The minimum Gasteiger partial charge on any atom is -0.460 e. The van der Waals surface area contributed by atoms with Crippen molar-refractivity contribution < 1.29 is 23.7 Å². The second-order valence-corrected chi connectivity index (χ2v) is 5.14. The van der Waals surface area contributed by atoms with Gasteiger partial charge in [-0.2, -0.15) is 0 Å². The van der Waals surface area contributed by atoms with Crippen LogP contribution in [-0.2, 0) is 23.7 Å². The van der Waals surface area contributed by atoms with Crippen molar-refractivity contribution in [2.24, 2.45) is 0 Å². The lowest BCUT2D eigenvalue weighted by Gasteiger charge is -2.19. The first-order valence-electron chi connectivity index (χ1n) is 7.43. The standard InChI is InChI=1S/C15H30O5/c1-6-7-8-18-13(3)11-19-12(2)9-17-10-14(4)20-15(5)16/h12-14H,6-11H2,1-5H3. The Morgan fingerprint density at radius 2 is 1.55 bits per heavy atom. The Kier molecular flexibility index (Phi) is 11.7. The number of rotatable bonds is 12. The third kappa shape index (κ3) is 12.4. The van der Waals surface area contributed by atoms with Gasteiger partial charge in [-0.3, -0.25) is 4.79 Å². The maximum atomic E-state index is 10.7. The molecule has 3 atom stereocenters. The zero-order chi connectivity index (χ0) is 15.4. The molecule has 0 N–H and O–H groups in total. The summed E-state index contributed by atoms with van der Waals surface area (Å²) in [6, 6.07) is 0. The summed E-state index contributed by atoms with van der Waals surface area (Å²) in [5, 5.41) is 0. The Balaban J connectivity index is 3.53. The molecule has 120 valence electrons. The first-order valence-corrected chi connectivity index (χ1v) is 7.43. The molecular formula is C15H30O5. The van der Waals surface area contributed by atoms with E-state index in [1.54, 1.807) is 6.92 Å². The summed E-state index contributed by atoms with van der Waals surface area (Å²) >= 11 is 0. The molecule has 0 aromatic rings. The fourth-order valence-corrected chi connectivity index (χ4v) is 1.54. The van der Waals surface area contributed by atoms with Crippen LogP contribution in [0.2, 0.25) is 0 Å². The molecule has 3 unspecified atom stereocenters. The number of ether oxygens (including phenoxy) is 4. The van der Waals surface area contributed by atoms with Gasteiger partial charge in [0.2, 0.25) is 0 Å².